The lowest BCUT2D eigenvalue weighted by atomic mass is 10.0. The number of nitrogens with two attached hydrogens (primary N) is 1. The van der Waals surface area contributed by atoms with Crippen molar-refractivity contribution in [3.8, 4) is 0 Å². The molecule has 0 aliphatic heterocycles. The van der Waals surface area contributed by atoms with Gasteiger partial charge in [-0.25, -0.2) is 0 Å². The largest absolute Gasteiger partial charge is 0.399 e. The number of carbonyl (C=O) groups is 1. The standard InChI is InChI=1S/C15H16N2O/c1-2-11-6-3-4-9-14(11)15(18)17-13-8-5-7-12(16)10-13/h3-10H,2,16H2,1H3,(H,17,18). The fourth-order valence-electron chi connectivity index (χ4n) is 1.86. The first kappa shape index (κ1) is 12.2. The van der Waals surface area contributed by atoms with Crippen molar-refractivity contribution >= 4 is 17.3 Å². The number of hydrogen-bond donors (Lipinski definition) is 2. The van der Waals surface area contributed by atoms with E-state index in [-0.39, 0.29) is 5.91 Å². The van der Waals surface area contributed by atoms with E-state index < -0.39 is 0 Å². The molecule has 3 nitrogen and oxygen atoms in total. The van der Waals surface area contributed by atoms with Crippen LogP contribution in [-0.4, -0.2) is 5.91 Å². The quantitative estimate of drug-likeness (QED) is 0.810. The van der Waals surface area contributed by atoms with Crippen LogP contribution >= 0.6 is 0 Å². The van der Waals surface area contributed by atoms with Gasteiger partial charge in [0.1, 0.15) is 0 Å². The predicted octanol–water partition coefficient (Wildman–Crippen LogP) is 3.08. The van der Waals surface area contributed by atoms with Crippen LogP contribution in [0.25, 0.3) is 0 Å². The van der Waals surface area contributed by atoms with Gasteiger partial charge in [-0.3, -0.25) is 4.79 Å². The van der Waals surface area contributed by atoms with Crippen LogP contribution in [0.3, 0.4) is 0 Å². The normalized spacial score (nSPS) is 10.1. The molecular weight excluding hydrogens is 224 g/mol. The fraction of sp³-hybridized carbons (Fsp3) is 0.133. The Morgan fingerprint density at radius 2 is 1.94 bits per heavy atom. The Morgan fingerprint density at radius 3 is 2.67 bits per heavy atom. The zero-order valence-electron chi connectivity index (χ0n) is 10.3. The van der Waals surface area contributed by atoms with E-state index >= 15 is 0 Å². The van der Waals surface area contributed by atoms with Crippen LogP contribution in [0.1, 0.15) is 22.8 Å². The smallest absolute Gasteiger partial charge is 0.255 e. The summed E-state index contributed by atoms with van der Waals surface area (Å²) in [4.78, 5) is 12.2. The van der Waals surface area contributed by atoms with Crippen LogP contribution in [0.15, 0.2) is 48.5 Å². The Kier molecular flexibility index (Phi) is 3.63. The highest BCUT2D eigenvalue weighted by Crippen LogP contribution is 2.15. The summed E-state index contributed by atoms with van der Waals surface area (Å²) in [7, 11) is 0. The van der Waals surface area contributed by atoms with Crippen molar-refractivity contribution < 1.29 is 4.79 Å². The molecule has 0 unspecified atom stereocenters. The summed E-state index contributed by atoms with van der Waals surface area (Å²) in [5, 5.41) is 2.85. The molecule has 2 aromatic carbocycles. The molecule has 2 aromatic rings. The van der Waals surface area contributed by atoms with Crippen molar-refractivity contribution in [1.29, 1.82) is 0 Å². The van der Waals surface area contributed by atoms with Gasteiger partial charge in [-0.05, 0) is 36.2 Å². The first-order valence-electron chi connectivity index (χ1n) is 5.95. The third-order valence-electron chi connectivity index (χ3n) is 2.79. The van der Waals surface area contributed by atoms with E-state index in [1.165, 1.54) is 0 Å². The van der Waals surface area contributed by atoms with Crippen LogP contribution in [0.2, 0.25) is 0 Å². The Morgan fingerprint density at radius 1 is 1.17 bits per heavy atom. The fourth-order valence-corrected chi connectivity index (χ4v) is 1.86. The molecular formula is C15H16N2O. The van der Waals surface area contributed by atoms with E-state index in [4.69, 9.17) is 5.73 Å². The summed E-state index contributed by atoms with van der Waals surface area (Å²) < 4.78 is 0. The van der Waals surface area contributed by atoms with Crippen molar-refractivity contribution in [2.75, 3.05) is 11.1 Å². The average Bonchev–Trinajstić information content (AvgIpc) is 2.38. The molecule has 0 aromatic heterocycles. The minimum Gasteiger partial charge on any atom is -0.399 e. The van der Waals surface area contributed by atoms with Crippen molar-refractivity contribution in [2.45, 2.75) is 13.3 Å². The van der Waals surface area contributed by atoms with Gasteiger partial charge in [0.05, 0.1) is 0 Å². The molecule has 3 N–H and O–H groups in total. The average molecular weight is 240 g/mol. The maximum atomic E-state index is 12.2. The Balaban J connectivity index is 2.22. The number of nitrogen functional groups attached to an aromatic ring is 1. The summed E-state index contributed by atoms with van der Waals surface area (Å²) >= 11 is 0. The summed E-state index contributed by atoms with van der Waals surface area (Å²) in [6.45, 7) is 2.03. The number of amides is 1. The number of carbonyl (C=O) groups excluding carboxylic acids is 1. The van der Waals surface area contributed by atoms with Gasteiger partial charge >= 0.3 is 0 Å². The Labute approximate surface area is 107 Å². The summed E-state index contributed by atoms with van der Waals surface area (Å²) in [5.74, 6) is -0.0990. The molecule has 0 aliphatic carbocycles. The summed E-state index contributed by atoms with van der Waals surface area (Å²) in [6, 6.07) is 14.8. The second-order valence-corrected chi connectivity index (χ2v) is 4.09. The van der Waals surface area contributed by atoms with Gasteiger partial charge in [0.2, 0.25) is 0 Å². The highest BCUT2D eigenvalue weighted by molar-refractivity contribution is 6.05. The zero-order chi connectivity index (χ0) is 13.0. The molecule has 0 radical (unpaired) electrons. The molecule has 2 rings (SSSR count). The first-order valence-corrected chi connectivity index (χ1v) is 5.95. The summed E-state index contributed by atoms with van der Waals surface area (Å²) in [6.07, 6.45) is 0.834. The second kappa shape index (κ2) is 5.36. The van der Waals surface area contributed by atoms with Crippen molar-refractivity contribution in [3.63, 3.8) is 0 Å². The maximum absolute atomic E-state index is 12.2. The third kappa shape index (κ3) is 2.69. The van der Waals surface area contributed by atoms with Crippen molar-refractivity contribution in [1.82, 2.24) is 0 Å². The third-order valence-corrected chi connectivity index (χ3v) is 2.79. The van der Waals surface area contributed by atoms with Gasteiger partial charge in [0, 0.05) is 16.9 Å². The molecule has 3 heteroatoms. The van der Waals surface area contributed by atoms with Gasteiger partial charge in [-0.2, -0.15) is 0 Å². The van der Waals surface area contributed by atoms with E-state index in [1.807, 2.05) is 43.3 Å². The minimum absolute atomic E-state index is 0.0990. The van der Waals surface area contributed by atoms with Crippen molar-refractivity contribution in [2.24, 2.45) is 0 Å². The van der Waals surface area contributed by atoms with Gasteiger partial charge in [-0.15, -0.1) is 0 Å². The second-order valence-electron chi connectivity index (χ2n) is 4.09. The SMILES string of the molecule is CCc1ccccc1C(=O)Nc1cccc(N)c1. The molecule has 0 saturated carbocycles. The molecule has 92 valence electrons. The molecule has 1 amide bonds. The Bertz CT molecular complexity index is 564. The van der Waals surface area contributed by atoms with Crippen molar-refractivity contribution in [3.05, 3.63) is 59.7 Å². The minimum atomic E-state index is -0.0990. The predicted molar refractivity (Wildman–Crippen MR) is 74.6 cm³/mol. The number of hydrogen-bond acceptors (Lipinski definition) is 2. The van der Waals surface area contributed by atoms with E-state index in [0.717, 1.165) is 12.0 Å². The van der Waals surface area contributed by atoms with Gasteiger partial charge in [0.25, 0.3) is 5.91 Å². The van der Waals surface area contributed by atoms with Crippen LogP contribution in [0.5, 0.6) is 0 Å². The van der Waals surface area contributed by atoms with Crippen LogP contribution in [0.4, 0.5) is 11.4 Å². The number of aryl methyl sites for hydroxylation is 1. The number of nitrogens with one attached hydrogen (secondary N) is 1. The molecule has 0 fully saturated rings. The van der Waals surface area contributed by atoms with E-state index in [2.05, 4.69) is 5.32 Å². The molecule has 0 atom stereocenters. The number of benzene rings is 2. The number of anilines is 2. The summed E-state index contributed by atoms with van der Waals surface area (Å²) in [5.41, 5.74) is 8.78. The maximum Gasteiger partial charge on any atom is 0.255 e. The van der Waals surface area contributed by atoms with Crippen LogP contribution < -0.4 is 11.1 Å². The van der Waals surface area contributed by atoms with E-state index in [9.17, 15) is 4.79 Å². The van der Waals surface area contributed by atoms with Crippen LogP contribution in [-0.2, 0) is 6.42 Å². The zero-order valence-corrected chi connectivity index (χ0v) is 10.3. The lowest BCUT2D eigenvalue weighted by molar-refractivity contribution is 0.102. The lowest BCUT2D eigenvalue weighted by Gasteiger charge is -2.09. The first-order chi connectivity index (χ1) is 8.70. The number of rotatable bonds is 3. The molecule has 0 spiro atoms. The topological polar surface area (TPSA) is 55.1 Å². The highest BCUT2D eigenvalue weighted by Gasteiger charge is 2.09. The monoisotopic (exact) mass is 240 g/mol. The molecule has 18 heavy (non-hydrogen) atoms. The van der Waals surface area contributed by atoms with E-state index in [0.29, 0.717) is 16.9 Å². The van der Waals surface area contributed by atoms with Gasteiger partial charge < -0.3 is 11.1 Å². The van der Waals surface area contributed by atoms with Gasteiger partial charge in [0.15, 0.2) is 0 Å². The lowest BCUT2D eigenvalue weighted by Crippen LogP contribution is -2.14. The van der Waals surface area contributed by atoms with E-state index in [1.54, 1.807) is 12.1 Å². The molecule has 0 bridgehead atoms. The van der Waals surface area contributed by atoms with Crippen LogP contribution in [0, 0.1) is 0 Å². The molecule has 0 saturated heterocycles. The highest BCUT2D eigenvalue weighted by atomic mass is 16.1. The van der Waals surface area contributed by atoms with Gasteiger partial charge in [-0.1, -0.05) is 31.2 Å². The molecule has 0 aliphatic rings. The molecule has 0 heterocycles. The Hall–Kier alpha value is -2.29.